The smallest absolute Gasteiger partial charge is 0.107 e. The van der Waals surface area contributed by atoms with Crippen LogP contribution in [0.5, 0.6) is 0 Å². The lowest BCUT2D eigenvalue weighted by Gasteiger charge is -2.11. The molecule has 1 saturated heterocycles. The number of aliphatic hydroxyl groups is 1. The highest BCUT2D eigenvalue weighted by molar-refractivity contribution is 7.09. The van der Waals surface area contributed by atoms with E-state index < -0.39 is 0 Å². The van der Waals surface area contributed by atoms with Crippen molar-refractivity contribution in [3.05, 3.63) is 16.1 Å². The van der Waals surface area contributed by atoms with Crippen LogP contribution in [0.1, 0.15) is 17.1 Å². The Labute approximate surface area is 82.0 Å². The van der Waals surface area contributed by atoms with Crippen LogP contribution in [0.2, 0.25) is 0 Å². The fraction of sp³-hybridized carbons (Fsp3) is 0.667. The topological polar surface area (TPSA) is 36.4 Å². The number of aliphatic hydroxyl groups excluding tert-OH is 1. The van der Waals surface area contributed by atoms with Crippen LogP contribution < -0.4 is 0 Å². The Morgan fingerprint density at radius 2 is 2.62 bits per heavy atom. The zero-order valence-electron chi connectivity index (χ0n) is 7.73. The molecule has 1 fully saturated rings. The molecule has 13 heavy (non-hydrogen) atoms. The van der Waals surface area contributed by atoms with Crippen molar-refractivity contribution in [1.82, 2.24) is 9.88 Å². The fourth-order valence-corrected chi connectivity index (χ4v) is 2.44. The molecule has 72 valence electrons. The molecule has 0 bridgehead atoms. The first-order valence-corrected chi connectivity index (χ1v) is 5.43. The molecular formula is C9H14N2OS. The van der Waals surface area contributed by atoms with Crippen LogP contribution in [-0.4, -0.2) is 34.2 Å². The number of nitrogens with zero attached hydrogens (tertiary/aromatic N) is 2. The van der Waals surface area contributed by atoms with Crippen molar-refractivity contribution in [3.8, 4) is 0 Å². The van der Waals surface area contributed by atoms with E-state index in [9.17, 15) is 5.11 Å². The predicted octanol–water partition coefficient (Wildman–Crippen LogP) is 1.02. The molecule has 1 aromatic heterocycles. The third kappa shape index (κ3) is 2.27. The van der Waals surface area contributed by atoms with Gasteiger partial charge < -0.3 is 5.11 Å². The van der Waals surface area contributed by atoms with Gasteiger partial charge in [0.15, 0.2) is 0 Å². The average molecular weight is 198 g/mol. The molecular weight excluding hydrogens is 184 g/mol. The van der Waals surface area contributed by atoms with Crippen molar-refractivity contribution in [2.24, 2.45) is 0 Å². The molecule has 4 heteroatoms. The zero-order valence-corrected chi connectivity index (χ0v) is 8.55. The molecule has 2 heterocycles. The number of β-amino-alcohol motifs (C(OH)–C–C–N with tert-alkyl or cyclic N) is 1. The first kappa shape index (κ1) is 9.12. The molecule has 2 rings (SSSR count). The van der Waals surface area contributed by atoms with Gasteiger partial charge >= 0.3 is 0 Å². The number of thiazole rings is 1. The predicted molar refractivity (Wildman–Crippen MR) is 52.8 cm³/mol. The van der Waals surface area contributed by atoms with Gasteiger partial charge in [0, 0.05) is 24.2 Å². The highest BCUT2D eigenvalue weighted by Crippen LogP contribution is 2.15. The molecule has 0 aromatic carbocycles. The first-order chi connectivity index (χ1) is 6.24. The summed E-state index contributed by atoms with van der Waals surface area (Å²) in [6, 6.07) is 0. The van der Waals surface area contributed by atoms with E-state index in [0.717, 1.165) is 36.8 Å². The van der Waals surface area contributed by atoms with Crippen LogP contribution in [0, 0.1) is 6.92 Å². The lowest BCUT2D eigenvalue weighted by molar-refractivity contribution is 0.174. The van der Waals surface area contributed by atoms with Crippen LogP contribution in [0.4, 0.5) is 0 Å². The van der Waals surface area contributed by atoms with Gasteiger partial charge in [0.25, 0.3) is 0 Å². The van der Waals surface area contributed by atoms with Crippen LogP contribution in [-0.2, 0) is 6.54 Å². The van der Waals surface area contributed by atoms with Crippen LogP contribution in [0.15, 0.2) is 5.38 Å². The fourth-order valence-electron chi connectivity index (χ4n) is 1.62. The maximum Gasteiger partial charge on any atom is 0.107 e. The van der Waals surface area contributed by atoms with Crippen LogP contribution in [0.3, 0.4) is 0 Å². The summed E-state index contributed by atoms with van der Waals surface area (Å²) in [6.07, 6.45) is 0.783. The summed E-state index contributed by atoms with van der Waals surface area (Å²) in [5.41, 5.74) is 1.10. The summed E-state index contributed by atoms with van der Waals surface area (Å²) >= 11 is 1.70. The van der Waals surface area contributed by atoms with Crippen molar-refractivity contribution in [2.45, 2.75) is 26.0 Å². The minimum Gasteiger partial charge on any atom is -0.392 e. The Morgan fingerprint density at radius 3 is 3.15 bits per heavy atom. The van der Waals surface area contributed by atoms with E-state index >= 15 is 0 Å². The third-order valence-electron chi connectivity index (χ3n) is 2.27. The molecule has 1 aliphatic rings. The van der Waals surface area contributed by atoms with E-state index in [1.807, 2.05) is 6.92 Å². The monoisotopic (exact) mass is 198 g/mol. The number of aromatic nitrogens is 1. The molecule has 0 saturated carbocycles. The van der Waals surface area contributed by atoms with Crippen molar-refractivity contribution >= 4 is 11.3 Å². The minimum atomic E-state index is -0.124. The van der Waals surface area contributed by atoms with Gasteiger partial charge in [-0.2, -0.15) is 0 Å². The molecule has 0 radical (unpaired) electrons. The molecule has 1 aromatic rings. The van der Waals surface area contributed by atoms with Gasteiger partial charge in [-0.05, 0) is 13.3 Å². The molecule has 3 nitrogen and oxygen atoms in total. The number of hydrogen-bond donors (Lipinski definition) is 1. The first-order valence-electron chi connectivity index (χ1n) is 4.55. The summed E-state index contributed by atoms with van der Waals surface area (Å²) < 4.78 is 0. The summed E-state index contributed by atoms with van der Waals surface area (Å²) in [6.45, 7) is 4.72. The van der Waals surface area contributed by atoms with E-state index in [4.69, 9.17) is 0 Å². The van der Waals surface area contributed by atoms with E-state index in [-0.39, 0.29) is 6.10 Å². The molecule has 0 spiro atoms. The third-order valence-corrected chi connectivity index (χ3v) is 3.22. The Balaban J connectivity index is 1.91. The lowest BCUT2D eigenvalue weighted by atomic mass is 10.3. The summed E-state index contributed by atoms with van der Waals surface area (Å²) in [4.78, 5) is 6.65. The molecule has 0 aliphatic carbocycles. The molecule has 0 unspecified atom stereocenters. The van der Waals surface area contributed by atoms with Gasteiger partial charge in [0.1, 0.15) is 5.01 Å². The van der Waals surface area contributed by atoms with Gasteiger partial charge in [0.2, 0.25) is 0 Å². The zero-order chi connectivity index (χ0) is 9.26. The SMILES string of the molecule is Cc1csc(CN2CC[C@H](O)C2)n1. The van der Waals surface area contributed by atoms with E-state index in [0.29, 0.717) is 0 Å². The minimum absolute atomic E-state index is 0.124. The lowest BCUT2D eigenvalue weighted by Crippen LogP contribution is -2.21. The summed E-state index contributed by atoms with van der Waals surface area (Å²) in [7, 11) is 0. The number of aryl methyl sites for hydroxylation is 1. The second-order valence-electron chi connectivity index (χ2n) is 3.56. The molecule has 1 aliphatic heterocycles. The Morgan fingerprint density at radius 1 is 1.77 bits per heavy atom. The van der Waals surface area contributed by atoms with Gasteiger partial charge in [-0.1, -0.05) is 0 Å². The normalized spacial score (nSPS) is 24.0. The maximum atomic E-state index is 9.32. The van der Waals surface area contributed by atoms with Crippen LogP contribution in [0.25, 0.3) is 0 Å². The standard InChI is InChI=1S/C9H14N2OS/c1-7-6-13-9(10-7)5-11-3-2-8(12)4-11/h6,8,12H,2-5H2,1H3/t8-/m0/s1. The van der Waals surface area contributed by atoms with E-state index in [2.05, 4.69) is 15.3 Å². The highest BCUT2D eigenvalue weighted by atomic mass is 32.1. The van der Waals surface area contributed by atoms with Gasteiger partial charge in [-0.25, -0.2) is 4.98 Å². The van der Waals surface area contributed by atoms with Gasteiger partial charge in [-0.3, -0.25) is 4.90 Å². The molecule has 0 amide bonds. The largest absolute Gasteiger partial charge is 0.392 e. The highest BCUT2D eigenvalue weighted by Gasteiger charge is 2.20. The Hall–Kier alpha value is -0.450. The number of rotatable bonds is 2. The van der Waals surface area contributed by atoms with Crippen molar-refractivity contribution in [3.63, 3.8) is 0 Å². The van der Waals surface area contributed by atoms with Crippen molar-refractivity contribution < 1.29 is 5.11 Å². The molecule has 1 N–H and O–H groups in total. The second kappa shape index (κ2) is 3.74. The van der Waals surface area contributed by atoms with E-state index in [1.54, 1.807) is 11.3 Å². The maximum absolute atomic E-state index is 9.32. The van der Waals surface area contributed by atoms with Crippen molar-refractivity contribution in [2.75, 3.05) is 13.1 Å². The number of hydrogen-bond acceptors (Lipinski definition) is 4. The quantitative estimate of drug-likeness (QED) is 0.770. The summed E-state index contributed by atoms with van der Waals surface area (Å²) in [5, 5.41) is 12.6. The van der Waals surface area contributed by atoms with Gasteiger partial charge in [0.05, 0.1) is 12.6 Å². The van der Waals surface area contributed by atoms with Crippen LogP contribution >= 0.6 is 11.3 Å². The Kier molecular flexibility index (Phi) is 2.62. The average Bonchev–Trinajstić information content (AvgIpc) is 2.62. The van der Waals surface area contributed by atoms with E-state index in [1.165, 1.54) is 0 Å². The van der Waals surface area contributed by atoms with Crippen molar-refractivity contribution in [1.29, 1.82) is 0 Å². The molecule has 1 atom stereocenters. The summed E-state index contributed by atoms with van der Waals surface area (Å²) in [5.74, 6) is 0. The number of likely N-dealkylation sites (tertiary alicyclic amines) is 1. The van der Waals surface area contributed by atoms with Gasteiger partial charge in [-0.15, -0.1) is 11.3 Å². The second-order valence-corrected chi connectivity index (χ2v) is 4.50. The Bertz CT molecular complexity index is 287.